The molecule has 0 aromatic carbocycles. The molecule has 5 nitrogen and oxygen atoms in total. The van der Waals surface area contributed by atoms with E-state index in [0.717, 1.165) is 38.6 Å². The molecule has 4 atom stereocenters. The SMILES string of the molecule is CCNC1COCC1C(=O)NC1CCCCCC1O. The summed E-state index contributed by atoms with van der Waals surface area (Å²) in [6, 6.07) is 0.0193. The van der Waals surface area contributed by atoms with Gasteiger partial charge in [-0.15, -0.1) is 0 Å². The van der Waals surface area contributed by atoms with Crippen LogP contribution in [-0.4, -0.2) is 49.0 Å². The Kier molecular flexibility index (Phi) is 5.60. The van der Waals surface area contributed by atoms with Crippen LogP contribution in [-0.2, 0) is 9.53 Å². The van der Waals surface area contributed by atoms with Crippen molar-refractivity contribution in [2.24, 2.45) is 5.92 Å². The van der Waals surface area contributed by atoms with E-state index in [9.17, 15) is 9.90 Å². The third-order valence-electron chi connectivity index (χ3n) is 4.19. The Morgan fingerprint density at radius 1 is 1.21 bits per heavy atom. The lowest BCUT2D eigenvalue weighted by Crippen LogP contribution is -2.49. The van der Waals surface area contributed by atoms with E-state index in [4.69, 9.17) is 4.74 Å². The number of rotatable bonds is 4. The van der Waals surface area contributed by atoms with E-state index in [2.05, 4.69) is 10.6 Å². The van der Waals surface area contributed by atoms with Crippen LogP contribution in [0.3, 0.4) is 0 Å². The molecule has 1 saturated carbocycles. The van der Waals surface area contributed by atoms with E-state index in [0.29, 0.717) is 13.2 Å². The second kappa shape index (κ2) is 7.22. The second-order valence-corrected chi connectivity index (χ2v) is 5.63. The largest absolute Gasteiger partial charge is 0.391 e. The Bertz CT molecular complexity index is 298. The van der Waals surface area contributed by atoms with Crippen LogP contribution in [0.5, 0.6) is 0 Å². The summed E-state index contributed by atoms with van der Waals surface area (Å²) in [5.41, 5.74) is 0. The Hall–Kier alpha value is -0.650. The topological polar surface area (TPSA) is 70.6 Å². The fraction of sp³-hybridized carbons (Fsp3) is 0.929. The normalized spacial score (nSPS) is 35.9. The molecule has 5 heteroatoms. The summed E-state index contributed by atoms with van der Waals surface area (Å²) < 4.78 is 5.40. The van der Waals surface area contributed by atoms with Crippen LogP contribution in [0.15, 0.2) is 0 Å². The molecular weight excluding hydrogens is 244 g/mol. The third kappa shape index (κ3) is 3.91. The number of likely N-dealkylation sites (N-methyl/N-ethyl adjacent to an activating group) is 1. The van der Waals surface area contributed by atoms with Gasteiger partial charge in [0.15, 0.2) is 0 Å². The van der Waals surface area contributed by atoms with Gasteiger partial charge in [-0.1, -0.05) is 26.2 Å². The number of carbonyl (C=O) groups is 1. The molecule has 1 saturated heterocycles. The number of ether oxygens (including phenoxy) is 1. The van der Waals surface area contributed by atoms with Gasteiger partial charge in [0, 0.05) is 6.04 Å². The van der Waals surface area contributed by atoms with Gasteiger partial charge in [0.1, 0.15) is 0 Å². The molecule has 110 valence electrons. The lowest BCUT2D eigenvalue weighted by Gasteiger charge is -2.25. The van der Waals surface area contributed by atoms with Crippen molar-refractivity contribution >= 4 is 5.91 Å². The van der Waals surface area contributed by atoms with Crippen LogP contribution in [0.2, 0.25) is 0 Å². The highest BCUT2D eigenvalue weighted by molar-refractivity contribution is 5.80. The fourth-order valence-electron chi connectivity index (χ4n) is 3.02. The van der Waals surface area contributed by atoms with Crippen molar-refractivity contribution in [3.05, 3.63) is 0 Å². The number of nitrogens with one attached hydrogen (secondary N) is 2. The molecule has 4 unspecified atom stereocenters. The van der Waals surface area contributed by atoms with Crippen molar-refractivity contribution < 1.29 is 14.6 Å². The fourth-order valence-corrected chi connectivity index (χ4v) is 3.02. The van der Waals surface area contributed by atoms with Crippen molar-refractivity contribution in [3.63, 3.8) is 0 Å². The first kappa shape index (κ1) is 14.8. The van der Waals surface area contributed by atoms with Crippen molar-refractivity contribution in [1.82, 2.24) is 10.6 Å². The maximum absolute atomic E-state index is 12.3. The average Bonchev–Trinajstić information content (AvgIpc) is 2.76. The molecule has 0 aromatic rings. The highest BCUT2D eigenvalue weighted by atomic mass is 16.5. The van der Waals surface area contributed by atoms with Crippen LogP contribution >= 0.6 is 0 Å². The minimum atomic E-state index is -0.397. The summed E-state index contributed by atoms with van der Waals surface area (Å²) in [5, 5.41) is 16.4. The quantitative estimate of drug-likeness (QED) is 0.648. The summed E-state index contributed by atoms with van der Waals surface area (Å²) in [4.78, 5) is 12.3. The molecular formula is C14H26N2O3. The van der Waals surface area contributed by atoms with Gasteiger partial charge in [-0.2, -0.15) is 0 Å². The zero-order valence-electron chi connectivity index (χ0n) is 11.7. The summed E-state index contributed by atoms with van der Waals surface area (Å²) in [7, 11) is 0. The molecule has 0 spiro atoms. The Morgan fingerprint density at radius 2 is 2.00 bits per heavy atom. The van der Waals surface area contributed by atoms with Gasteiger partial charge >= 0.3 is 0 Å². The zero-order valence-corrected chi connectivity index (χ0v) is 11.7. The van der Waals surface area contributed by atoms with E-state index in [1.165, 1.54) is 0 Å². The molecule has 2 aliphatic rings. The minimum Gasteiger partial charge on any atom is -0.391 e. The molecule has 0 aromatic heterocycles. The number of carbonyl (C=O) groups excluding carboxylic acids is 1. The van der Waals surface area contributed by atoms with Gasteiger partial charge in [-0.05, 0) is 19.4 Å². The standard InChI is InChI=1S/C14H26N2O3/c1-2-15-12-9-19-8-10(12)14(18)16-11-6-4-3-5-7-13(11)17/h10-13,15,17H,2-9H2,1H3,(H,16,18). The first-order valence-corrected chi connectivity index (χ1v) is 7.52. The lowest BCUT2D eigenvalue weighted by atomic mass is 10.00. The monoisotopic (exact) mass is 270 g/mol. The van der Waals surface area contributed by atoms with Gasteiger partial charge < -0.3 is 20.5 Å². The third-order valence-corrected chi connectivity index (χ3v) is 4.19. The predicted molar refractivity (Wildman–Crippen MR) is 72.8 cm³/mol. The molecule has 0 bridgehead atoms. The molecule has 1 aliphatic carbocycles. The zero-order chi connectivity index (χ0) is 13.7. The molecule has 19 heavy (non-hydrogen) atoms. The van der Waals surface area contributed by atoms with Gasteiger partial charge in [-0.25, -0.2) is 0 Å². The van der Waals surface area contributed by atoms with Crippen molar-refractivity contribution in [3.8, 4) is 0 Å². The van der Waals surface area contributed by atoms with Crippen LogP contribution in [0.1, 0.15) is 39.0 Å². The van der Waals surface area contributed by atoms with Crippen molar-refractivity contribution in [2.45, 2.75) is 57.2 Å². The van der Waals surface area contributed by atoms with Crippen LogP contribution in [0.25, 0.3) is 0 Å². The average molecular weight is 270 g/mol. The van der Waals surface area contributed by atoms with E-state index in [1.807, 2.05) is 6.92 Å². The molecule has 1 amide bonds. The molecule has 3 N–H and O–H groups in total. The van der Waals surface area contributed by atoms with E-state index in [-0.39, 0.29) is 23.9 Å². The van der Waals surface area contributed by atoms with Crippen LogP contribution in [0.4, 0.5) is 0 Å². The number of hydrogen-bond acceptors (Lipinski definition) is 4. The maximum atomic E-state index is 12.3. The first-order chi connectivity index (χ1) is 9.22. The van der Waals surface area contributed by atoms with Crippen LogP contribution < -0.4 is 10.6 Å². The smallest absolute Gasteiger partial charge is 0.227 e. The predicted octanol–water partition coefficient (Wildman–Crippen LogP) is 0.421. The highest BCUT2D eigenvalue weighted by Gasteiger charge is 2.35. The summed E-state index contributed by atoms with van der Waals surface area (Å²) >= 11 is 0. The number of amides is 1. The van der Waals surface area contributed by atoms with Crippen molar-refractivity contribution in [2.75, 3.05) is 19.8 Å². The number of hydrogen-bond donors (Lipinski definition) is 3. The van der Waals surface area contributed by atoms with E-state index >= 15 is 0 Å². The summed E-state index contributed by atoms with van der Waals surface area (Å²) in [6.45, 7) is 3.94. The van der Waals surface area contributed by atoms with Gasteiger partial charge in [0.25, 0.3) is 0 Å². The Morgan fingerprint density at radius 3 is 2.79 bits per heavy atom. The second-order valence-electron chi connectivity index (χ2n) is 5.63. The first-order valence-electron chi connectivity index (χ1n) is 7.52. The summed E-state index contributed by atoms with van der Waals surface area (Å²) in [6.07, 6.45) is 4.57. The Balaban J connectivity index is 1.88. The van der Waals surface area contributed by atoms with Gasteiger partial charge in [0.2, 0.25) is 5.91 Å². The van der Waals surface area contributed by atoms with Crippen molar-refractivity contribution in [1.29, 1.82) is 0 Å². The summed E-state index contributed by atoms with van der Waals surface area (Å²) in [5.74, 6) is -0.107. The molecule has 1 heterocycles. The highest BCUT2D eigenvalue weighted by Crippen LogP contribution is 2.20. The molecule has 2 fully saturated rings. The molecule has 0 radical (unpaired) electrons. The number of aliphatic hydroxyl groups is 1. The lowest BCUT2D eigenvalue weighted by molar-refractivity contribution is -0.127. The van der Waals surface area contributed by atoms with Gasteiger partial charge in [0.05, 0.1) is 31.3 Å². The number of aliphatic hydroxyl groups excluding tert-OH is 1. The Labute approximate surface area is 115 Å². The van der Waals surface area contributed by atoms with E-state index < -0.39 is 6.10 Å². The van der Waals surface area contributed by atoms with Crippen LogP contribution in [0, 0.1) is 5.92 Å². The van der Waals surface area contributed by atoms with E-state index in [1.54, 1.807) is 0 Å². The molecule has 1 aliphatic heterocycles. The maximum Gasteiger partial charge on any atom is 0.227 e. The molecule has 2 rings (SSSR count). The minimum absolute atomic E-state index is 0.0226. The van der Waals surface area contributed by atoms with Gasteiger partial charge in [-0.3, -0.25) is 4.79 Å².